The smallest absolute Gasteiger partial charge is 0.143 e. The van der Waals surface area contributed by atoms with E-state index in [1.807, 2.05) is 12.1 Å². The van der Waals surface area contributed by atoms with Crippen LogP contribution in [-0.4, -0.2) is 0 Å². The number of aryl methyl sites for hydroxylation is 1. The number of nitrogens with zero attached hydrogens (tertiary/aromatic N) is 1. The summed E-state index contributed by atoms with van der Waals surface area (Å²) in [6.45, 7) is 0. The minimum atomic E-state index is -0.660. The lowest BCUT2D eigenvalue weighted by Crippen LogP contribution is -2.26. The molecule has 15 rings (SSSR count). The molecule has 2 aromatic heterocycles. The van der Waals surface area contributed by atoms with Crippen molar-refractivity contribution < 1.29 is 8.83 Å². The maximum absolute atomic E-state index is 7.19. The molecule has 0 amide bonds. The van der Waals surface area contributed by atoms with Crippen LogP contribution >= 0.6 is 0 Å². The second-order valence-corrected chi connectivity index (χ2v) is 18.8. The van der Waals surface area contributed by atoms with Gasteiger partial charge in [-0.3, -0.25) is 0 Å². The van der Waals surface area contributed by atoms with Crippen LogP contribution in [0.3, 0.4) is 0 Å². The van der Waals surface area contributed by atoms with E-state index in [0.717, 1.165) is 91.0 Å². The monoisotopic (exact) mass is 891 g/mol. The highest BCUT2D eigenvalue weighted by molar-refractivity contribution is 6.12. The van der Waals surface area contributed by atoms with Crippen LogP contribution in [0, 0.1) is 12.1 Å². The van der Waals surface area contributed by atoms with Gasteiger partial charge < -0.3 is 13.7 Å². The molecule has 326 valence electrons. The molecule has 1 unspecified atom stereocenters. The van der Waals surface area contributed by atoms with E-state index in [-0.39, 0.29) is 0 Å². The molecule has 3 aliphatic carbocycles. The summed E-state index contributed by atoms with van der Waals surface area (Å²) in [7, 11) is 0. The third-order valence-electron chi connectivity index (χ3n) is 15.2. The Balaban J connectivity index is 0.887. The SMILES string of the molecule is c1ccc2c(c#1)C1(c3ccccc3-c3ccc4oc5c(c4c31)CCC=C5c1ccc(N(c3ccccc3)c3ccc(-c4ccccc4)cc3)cc1)c1cccc(-c3cccc4c3oc3ccccc34)c1-2. The lowest BCUT2D eigenvalue weighted by molar-refractivity contribution is 0.591. The minimum absolute atomic E-state index is 0.660. The van der Waals surface area contributed by atoms with Crippen LogP contribution in [0.1, 0.15) is 45.6 Å². The first kappa shape index (κ1) is 38.9. The summed E-state index contributed by atoms with van der Waals surface area (Å²) >= 11 is 0. The van der Waals surface area contributed by atoms with Gasteiger partial charge in [0.25, 0.3) is 0 Å². The van der Waals surface area contributed by atoms with Crippen molar-refractivity contribution in [2.45, 2.75) is 18.3 Å². The first-order chi connectivity index (χ1) is 34.7. The molecule has 0 N–H and O–H groups in total. The number of hydrogen-bond acceptors (Lipinski definition) is 3. The predicted octanol–water partition coefficient (Wildman–Crippen LogP) is 17.5. The van der Waals surface area contributed by atoms with Gasteiger partial charge in [-0.25, -0.2) is 0 Å². The molecule has 3 aliphatic rings. The number of hydrogen-bond donors (Lipinski definition) is 0. The number of rotatable bonds is 6. The summed E-state index contributed by atoms with van der Waals surface area (Å²) in [6.07, 6.45) is 4.16. The van der Waals surface area contributed by atoms with Crippen LogP contribution in [0.25, 0.3) is 83.0 Å². The highest BCUT2D eigenvalue weighted by Crippen LogP contribution is 2.66. The molecule has 0 saturated heterocycles. The van der Waals surface area contributed by atoms with Crippen molar-refractivity contribution in [3.05, 3.63) is 276 Å². The highest BCUT2D eigenvalue weighted by Gasteiger charge is 2.54. The van der Waals surface area contributed by atoms with Gasteiger partial charge in [-0.15, -0.1) is 0 Å². The molecule has 3 nitrogen and oxygen atoms in total. The van der Waals surface area contributed by atoms with Crippen molar-refractivity contribution in [3.63, 3.8) is 0 Å². The summed E-state index contributed by atoms with van der Waals surface area (Å²) in [5.41, 5.74) is 23.3. The van der Waals surface area contributed by atoms with Gasteiger partial charge in [0.15, 0.2) is 0 Å². The van der Waals surface area contributed by atoms with Crippen LogP contribution in [0.2, 0.25) is 0 Å². The molecule has 0 radical (unpaired) electrons. The average molecular weight is 892 g/mol. The maximum Gasteiger partial charge on any atom is 0.143 e. The first-order valence-electron chi connectivity index (χ1n) is 24.2. The van der Waals surface area contributed by atoms with E-state index in [1.54, 1.807) is 0 Å². The zero-order chi connectivity index (χ0) is 45.9. The Morgan fingerprint density at radius 2 is 1.11 bits per heavy atom. The summed E-state index contributed by atoms with van der Waals surface area (Å²) in [4.78, 5) is 2.33. The number of furan rings is 2. The molecule has 2 heterocycles. The molecule has 1 spiro atoms. The Kier molecular flexibility index (Phi) is 8.32. The summed E-state index contributed by atoms with van der Waals surface area (Å²) in [6, 6.07) is 85.8. The third-order valence-corrected chi connectivity index (χ3v) is 15.2. The predicted molar refractivity (Wildman–Crippen MR) is 285 cm³/mol. The van der Waals surface area contributed by atoms with Gasteiger partial charge in [-0.2, -0.15) is 0 Å². The second kappa shape index (κ2) is 14.9. The summed E-state index contributed by atoms with van der Waals surface area (Å²) in [5.74, 6) is 0.956. The van der Waals surface area contributed by atoms with Crippen LogP contribution in [0.5, 0.6) is 0 Å². The van der Waals surface area contributed by atoms with Gasteiger partial charge in [0.1, 0.15) is 22.5 Å². The van der Waals surface area contributed by atoms with Gasteiger partial charge in [-0.1, -0.05) is 176 Å². The molecule has 0 bridgehead atoms. The largest absolute Gasteiger partial charge is 0.456 e. The molecule has 3 heteroatoms. The first-order valence-corrected chi connectivity index (χ1v) is 24.2. The van der Waals surface area contributed by atoms with Gasteiger partial charge in [-0.05, 0) is 135 Å². The van der Waals surface area contributed by atoms with Crippen LogP contribution in [0.15, 0.2) is 233 Å². The molecule has 1 atom stereocenters. The number of fused-ring (bicyclic) bond motifs is 17. The Morgan fingerprint density at radius 1 is 0.457 bits per heavy atom. The van der Waals surface area contributed by atoms with E-state index in [1.165, 1.54) is 61.0 Å². The molecule has 70 heavy (non-hydrogen) atoms. The molecular formula is C67H41NO2. The summed E-state index contributed by atoms with van der Waals surface area (Å²) in [5, 5.41) is 3.46. The van der Waals surface area contributed by atoms with Crippen LogP contribution in [0.4, 0.5) is 17.1 Å². The molecule has 12 aromatic rings. The Hall–Kier alpha value is -9.10. The minimum Gasteiger partial charge on any atom is -0.456 e. The normalized spacial score (nSPS) is 15.1. The Morgan fingerprint density at radius 3 is 1.96 bits per heavy atom. The van der Waals surface area contributed by atoms with Crippen LogP contribution in [-0.2, 0) is 11.8 Å². The van der Waals surface area contributed by atoms with Crippen molar-refractivity contribution in [1.82, 2.24) is 0 Å². The number of para-hydroxylation sites is 3. The lowest BCUT2D eigenvalue weighted by Gasteiger charge is -2.30. The second-order valence-electron chi connectivity index (χ2n) is 18.8. The van der Waals surface area contributed by atoms with Crippen molar-refractivity contribution in [2.24, 2.45) is 0 Å². The van der Waals surface area contributed by atoms with E-state index in [2.05, 4.69) is 229 Å². The lowest BCUT2D eigenvalue weighted by atomic mass is 9.69. The summed E-state index contributed by atoms with van der Waals surface area (Å²) < 4.78 is 13.9. The highest BCUT2D eigenvalue weighted by atomic mass is 16.3. The maximum atomic E-state index is 7.19. The average Bonchev–Trinajstić information content (AvgIpc) is 4.18. The van der Waals surface area contributed by atoms with E-state index < -0.39 is 5.41 Å². The zero-order valence-electron chi connectivity index (χ0n) is 38.0. The molecule has 0 aliphatic heterocycles. The topological polar surface area (TPSA) is 29.5 Å². The standard InChI is InChI=1S/C67H41NO2/c1-3-16-42(17-4-1)43-32-36-46(37-33-43)68(45-18-5-2-6-19-45)47-38-34-44(35-39-47)48-23-13-27-56-63-61(70-65(48)56)41-40-52-49-20-7-10-28-57(49)67(64(52)63)58-29-11-8-22-55(58)62-51(24-15-30-59(62)67)54-26-14-25-53-50-21-9-12-31-60(50)69-66(53)54/h1-10,12,14-26,28,30-41H,13,27H2. The number of benzene rings is 9. The quantitative estimate of drug-likeness (QED) is 0.167. The van der Waals surface area contributed by atoms with Crippen molar-refractivity contribution in [2.75, 3.05) is 4.90 Å². The van der Waals surface area contributed by atoms with Crippen LogP contribution < -0.4 is 4.90 Å². The van der Waals surface area contributed by atoms with E-state index in [0.29, 0.717) is 0 Å². The Bertz CT molecular complexity index is 4100. The molecular weight excluding hydrogens is 851 g/mol. The third kappa shape index (κ3) is 5.42. The van der Waals surface area contributed by atoms with Crippen molar-refractivity contribution >= 4 is 55.5 Å². The zero-order valence-corrected chi connectivity index (χ0v) is 38.0. The fourth-order valence-electron chi connectivity index (χ4n) is 12.4. The molecule has 0 saturated carbocycles. The van der Waals surface area contributed by atoms with Gasteiger partial charge in [0, 0.05) is 55.5 Å². The van der Waals surface area contributed by atoms with E-state index in [4.69, 9.17) is 8.83 Å². The van der Waals surface area contributed by atoms with Crippen molar-refractivity contribution in [3.8, 4) is 44.5 Å². The fourth-order valence-corrected chi connectivity index (χ4v) is 12.4. The van der Waals surface area contributed by atoms with Gasteiger partial charge >= 0.3 is 0 Å². The van der Waals surface area contributed by atoms with Crippen molar-refractivity contribution in [1.29, 1.82) is 0 Å². The Labute approximate surface area is 405 Å². The van der Waals surface area contributed by atoms with E-state index >= 15 is 0 Å². The molecule has 0 fully saturated rings. The fraction of sp³-hybridized carbons (Fsp3) is 0.0448. The van der Waals surface area contributed by atoms with Gasteiger partial charge in [0.2, 0.25) is 0 Å². The number of allylic oxidation sites excluding steroid dienone is 1. The number of anilines is 3. The van der Waals surface area contributed by atoms with E-state index in [9.17, 15) is 0 Å². The molecule has 10 aromatic carbocycles. The van der Waals surface area contributed by atoms with Gasteiger partial charge in [0.05, 0.1) is 5.41 Å².